The highest BCUT2D eigenvalue weighted by Gasteiger charge is 2.13. The van der Waals surface area contributed by atoms with E-state index in [1.165, 1.54) is 22.9 Å². The molecule has 0 atom stereocenters. The maximum absolute atomic E-state index is 5.34. The van der Waals surface area contributed by atoms with Gasteiger partial charge in [0, 0.05) is 0 Å². The summed E-state index contributed by atoms with van der Waals surface area (Å²) in [6, 6.07) is 10.3. The molecule has 8 heteroatoms. The summed E-state index contributed by atoms with van der Waals surface area (Å²) < 4.78 is 7.32. The van der Waals surface area contributed by atoms with Crippen molar-refractivity contribution in [3.63, 3.8) is 0 Å². The van der Waals surface area contributed by atoms with Crippen LogP contribution < -0.4 is 0 Å². The number of aryl methyl sites for hydroxylation is 2. The Labute approximate surface area is 152 Å². The lowest BCUT2D eigenvalue weighted by Gasteiger charge is -2.09. The number of rotatable bonds is 5. The van der Waals surface area contributed by atoms with Gasteiger partial charge in [-0.25, -0.2) is 0 Å². The van der Waals surface area contributed by atoms with Crippen molar-refractivity contribution in [2.45, 2.75) is 24.8 Å². The number of aromatic nitrogens is 5. The van der Waals surface area contributed by atoms with Crippen LogP contribution in [0.15, 0.2) is 51.7 Å². The lowest BCUT2D eigenvalue weighted by molar-refractivity contribution is 0.391. The molecule has 6 nitrogen and oxygen atoms in total. The molecule has 0 radical (unpaired) electrons. The zero-order valence-electron chi connectivity index (χ0n) is 13.7. The molecule has 0 N–H and O–H groups in total. The molecule has 0 aliphatic heterocycles. The van der Waals surface area contributed by atoms with Crippen LogP contribution in [0.5, 0.6) is 0 Å². The van der Waals surface area contributed by atoms with Gasteiger partial charge in [-0.2, -0.15) is 4.98 Å². The molecule has 25 heavy (non-hydrogen) atoms. The second kappa shape index (κ2) is 6.81. The summed E-state index contributed by atoms with van der Waals surface area (Å²) in [5, 5.41) is 15.1. The molecule has 3 heterocycles. The molecule has 0 bridgehead atoms. The minimum absolute atomic E-state index is 0.544. The van der Waals surface area contributed by atoms with Crippen LogP contribution in [0.25, 0.3) is 16.4 Å². The molecule has 0 aliphatic rings. The number of thiophene rings is 1. The van der Waals surface area contributed by atoms with Gasteiger partial charge in [0.15, 0.2) is 5.16 Å². The zero-order chi connectivity index (χ0) is 17.2. The summed E-state index contributed by atoms with van der Waals surface area (Å²) in [6.07, 6.45) is 1.73. The third-order valence-corrected chi connectivity index (χ3v) is 5.46. The molecular weight excluding hydrogens is 354 g/mol. The summed E-state index contributed by atoms with van der Waals surface area (Å²) in [4.78, 5) is 5.44. The van der Waals surface area contributed by atoms with Gasteiger partial charge in [-0.15, -0.1) is 21.5 Å². The van der Waals surface area contributed by atoms with Gasteiger partial charge in [-0.05, 0) is 36.9 Å². The average molecular weight is 369 g/mol. The first kappa shape index (κ1) is 16.0. The average Bonchev–Trinajstić information content (AvgIpc) is 3.34. The van der Waals surface area contributed by atoms with Crippen LogP contribution in [0.3, 0.4) is 0 Å². The van der Waals surface area contributed by atoms with E-state index in [0.29, 0.717) is 17.5 Å². The SMILES string of the molecule is Cc1ccc(-n2cnnc2SCc2nc(-c3cccs3)no2)c(C)c1. The molecule has 126 valence electrons. The fraction of sp³-hybridized carbons (Fsp3) is 0.176. The maximum Gasteiger partial charge on any atom is 0.237 e. The van der Waals surface area contributed by atoms with E-state index in [2.05, 4.69) is 52.4 Å². The maximum atomic E-state index is 5.34. The van der Waals surface area contributed by atoms with Gasteiger partial charge in [-0.3, -0.25) is 4.57 Å². The third-order valence-electron chi connectivity index (χ3n) is 3.66. The monoisotopic (exact) mass is 369 g/mol. The van der Waals surface area contributed by atoms with E-state index in [1.54, 1.807) is 17.7 Å². The Morgan fingerprint density at radius 2 is 2.16 bits per heavy atom. The first-order valence-corrected chi connectivity index (χ1v) is 9.54. The minimum atomic E-state index is 0.544. The Morgan fingerprint density at radius 3 is 2.96 bits per heavy atom. The van der Waals surface area contributed by atoms with E-state index in [1.807, 2.05) is 22.1 Å². The highest BCUT2D eigenvalue weighted by molar-refractivity contribution is 7.98. The molecular formula is C17H15N5OS2. The van der Waals surface area contributed by atoms with E-state index >= 15 is 0 Å². The van der Waals surface area contributed by atoms with E-state index in [-0.39, 0.29) is 0 Å². The highest BCUT2D eigenvalue weighted by atomic mass is 32.2. The number of nitrogens with zero attached hydrogens (tertiary/aromatic N) is 5. The van der Waals surface area contributed by atoms with Gasteiger partial charge in [0.05, 0.1) is 16.3 Å². The van der Waals surface area contributed by atoms with Gasteiger partial charge in [0.2, 0.25) is 11.7 Å². The Balaban J connectivity index is 1.52. The lowest BCUT2D eigenvalue weighted by Crippen LogP contribution is -1.98. The Hall–Kier alpha value is -2.45. The molecule has 4 aromatic rings. The quantitative estimate of drug-likeness (QED) is 0.489. The van der Waals surface area contributed by atoms with Crippen LogP contribution in [-0.2, 0) is 5.75 Å². The second-order valence-electron chi connectivity index (χ2n) is 5.55. The highest BCUT2D eigenvalue weighted by Crippen LogP contribution is 2.26. The fourth-order valence-corrected chi connectivity index (χ4v) is 3.92. The van der Waals surface area contributed by atoms with Crippen LogP contribution in [-0.4, -0.2) is 24.9 Å². The van der Waals surface area contributed by atoms with Crippen LogP contribution in [0.1, 0.15) is 17.0 Å². The zero-order valence-corrected chi connectivity index (χ0v) is 15.3. The van der Waals surface area contributed by atoms with Gasteiger partial charge in [-0.1, -0.05) is 40.7 Å². The van der Waals surface area contributed by atoms with E-state index in [0.717, 1.165) is 15.7 Å². The van der Waals surface area contributed by atoms with Crippen LogP contribution >= 0.6 is 23.1 Å². The third kappa shape index (κ3) is 3.35. The predicted molar refractivity (Wildman–Crippen MR) is 98.0 cm³/mol. The van der Waals surface area contributed by atoms with Crippen molar-refractivity contribution < 1.29 is 4.52 Å². The standard InChI is InChI=1S/C17H15N5OS2/c1-11-5-6-13(12(2)8-11)22-10-18-20-17(22)25-9-15-19-16(21-23-15)14-4-3-7-24-14/h3-8,10H,9H2,1-2H3. The summed E-state index contributed by atoms with van der Waals surface area (Å²) in [5.41, 5.74) is 3.48. The Bertz CT molecular complexity index is 990. The van der Waals surface area contributed by atoms with Gasteiger partial charge in [0.1, 0.15) is 6.33 Å². The van der Waals surface area contributed by atoms with Crippen LogP contribution in [0.4, 0.5) is 0 Å². The Morgan fingerprint density at radius 1 is 1.24 bits per heavy atom. The number of hydrogen-bond donors (Lipinski definition) is 0. The second-order valence-corrected chi connectivity index (χ2v) is 7.44. The molecule has 0 fully saturated rings. The molecule has 0 saturated heterocycles. The molecule has 3 aromatic heterocycles. The van der Waals surface area contributed by atoms with Gasteiger partial charge < -0.3 is 4.52 Å². The molecule has 0 amide bonds. The largest absolute Gasteiger partial charge is 0.338 e. The van der Waals surface area contributed by atoms with Crippen molar-refractivity contribution in [2.24, 2.45) is 0 Å². The van der Waals surface area contributed by atoms with Crippen LogP contribution in [0.2, 0.25) is 0 Å². The summed E-state index contributed by atoms with van der Waals surface area (Å²) >= 11 is 3.11. The predicted octanol–water partition coefficient (Wildman–Crippen LogP) is 4.29. The van der Waals surface area contributed by atoms with Gasteiger partial charge in [0.25, 0.3) is 0 Å². The van der Waals surface area contributed by atoms with Crippen molar-refractivity contribution in [3.8, 4) is 16.4 Å². The topological polar surface area (TPSA) is 69.6 Å². The first-order valence-electron chi connectivity index (χ1n) is 7.67. The molecule has 0 unspecified atom stereocenters. The summed E-state index contributed by atoms with van der Waals surface area (Å²) in [5.74, 6) is 1.74. The van der Waals surface area contributed by atoms with E-state index in [4.69, 9.17) is 4.52 Å². The molecule has 0 spiro atoms. The molecule has 0 aliphatic carbocycles. The normalized spacial score (nSPS) is 11.1. The molecule has 4 rings (SSSR count). The molecule has 1 aromatic carbocycles. The number of hydrogen-bond acceptors (Lipinski definition) is 7. The van der Waals surface area contributed by atoms with E-state index < -0.39 is 0 Å². The van der Waals surface area contributed by atoms with Crippen molar-refractivity contribution in [3.05, 3.63) is 59.1 Å². The minimum Gasteiger partial charge on any atom is -0.338 e. The van der Waals surface area contributed by atoms with Crippen molar-refractivity contribution in [2.75, 3.05) is 0 Å². The Kier molecular flexibility index (Phi) is 4.37. The number of thioether (sulfide) groups is 1. The lowest BCUT2D eigenvalue weighted by atomic mass is 10.1. The van der Waals surface area contributed by atoms with E-state index in [9.17, 15) is 0 Å². The summed E-state index contributed by atoms with van der Waals surface area (Å²) in [7, 11) is 0. The fourth-order valence-electron chi connectivity index (χ4n) is 2.51. The smallest absolute Gasteiger partial charge is 0.237 e. The van der Waals surface area contributed by atoms with Gasteiger partial charge >= 0.3 is 0 Å². The molecule has 0 saturated carbocycles. The first-order chi connectivity index (χ1) is 12.2. The number of benzene rings is 1. The van der Waals surface area contributed by atoms with Crippen molar-refractivity contribution in [1.29, 1.82) is 0 Å². The summed E-state index contributed by atoms with van der Waals surface area (Å²) in [6.45, 7) is 4.17. The van der Waals surface area contributed by atoms with Crippen LogP contribution in [0, 0.1) is 13.8 Å². The van der Waals surface area contributed by atoms with Crippen molar-refractivity contribution >= 4 is 23.1 Å². The van der Waals surface area contributed by atoms with Crippen molar-refractivity contribution in [1.82, 2.24) is 24.9 Å².